The molecule has 0 aliphatic rings. The van der Waals surface area contributed by atoms with Crippen LogP contribution in [-0.4, -0.2) is 11.7 Å². The van der Waals surface area contributed by atoms with E-state index in [0.717, 1.165) is 16.6 Å². The molecule has 2 aromatic carbocycles. The molecule has 2 rings (SSSR count). The molecular weight excluding hydrogens is 323 g/mol. The van der Waals surface area contributed by atoms with Crippen molar-refractivity contribution in [3.63, 3.8) is 0 Å². The Labute approximate surface area is 126 Å². The second-order valence-corrected chi connectivity index (χ2v) is 5.35. The molecule has 0 spiro atoms. The molecule has 0 bridgehead atoms. The molecule has 1 atom stereocenters. The molecule has 0 heterocycles. The molecule has 0 aromatic heterocycles. The highest BCUT2D eigenvalue weighted by Gasteiger charge is 2.13. The van der Waals surface area contributed by atoms with Crippen molar-refractivity contribution in [1.82, 2.24) is 0 Å². The van der Waals surface area contributed by atoms with Crippen LogP contribution in [0.2, 0.25) is 0 Å². The Morgan fingerprint density at radius 1 is 1.20 bits per heavy atom. The predicted molar refractivity (Wildman–Crippen MR) is 80.4 cm³/mol. The number of hydrogen-bond acceptors (Lipinski definition) is 2. The molecule has 106 valence electrons. The largest absolute Gasteiger partial charge is 0.492 e. The van der Waals surface area contributed by atoms with E-state index in [2.05, 4.69) is 15.9 Å². The van der Waals surface area contributed by atoms with E-state index in [0.29, 0.717) is 17.7 Å². The van der Waals surface area contributed by atoms with Gasteiger partial charge in [-0.05, 0) is 57.7 Å². The molecule has 0 saturated heterocycles. The number of benzene rings is 2. The third kappa shape index (κ3) is 3.58. The van der Waals surface area contributed by atoms with Crippen LogP contribution in [0.15, 0.2) is 46.9 Å². The minimum atomic E-state index is -0.859. The van der Waals surface area contributed by atoms with Crippen molar-refractivity contribution in [3.8, 4) is 5.75 Å². The Morgan fingerprint density at radius 3 is 2.60 bits per heavy atom. The third-order valence-corrected chi connectivity index (χ3v) is 3.52. The van der Waals surface area contributed by atoms with Crippen LogP contribution >= 0.6 is 15.9 Å². The summed E-state index contributed by atoms with van der Waals surface area (Å²) < 4.78 is 19.5. The number of hydrogen-bond donors (Lipinski definition) is 1. The van der Waals surface area contributed by atoms with Gasteiger partial charge in [0.05, 0.1) is 11.1 Å². The summed E-state index contributed by atoms with van der Waals surface area (Å²) in [6.07, 6.45) is 0.0716. The molecule has 20 heavy (non-hydrogen) atoms. The van der Waals surface area contributed by atoms with Gasteiger partial charge in [-0.15, -0.1) is 0 Å². The summed E-state index contributed by atoms with van der Waals surface area (Å²) in [7, 11) is 0. The standard InChI is InChI=1S/C16H16BrFO2/c1-2-8-20-15-7-6-12(10-14(15)17)16(19)11-4-3-5-13(18)9-11/h3-7,9-10,16,19H,2,8H2,1H3. The first-order chi connectivity index (χ1) is 9.61. The van der Waals surface area contributed by atoms with Crippen molar-refractivity contribution >= 4 is 15.9 Å². The summed E-state index contributed by atoms with van der Waals surface area (Å²) in [5, 5.41) is 10.3. The lowest BCUT2D eigenvalue weighted by Gasteiger charge is -2.14. The average molecular weight is 339 g/mol. The highest BCUT2D eigenvalue weighted by atomic mass is 79.9. The molecule has 0 fully saturated rings. The van der Waals surface area contributed by atoms with E-state index in [-0.39, 0.29) is 5.82 Å². The Balaban J connectivity index is 2.22. The predicted octanol–water partition coefficient (Wildman–Crippen LogP) is 4.46. The lowest BCUT2D eigenvalue weighted by atomic mass is 10.0. The van der Waals surface area contributed by atoms with E-state index >= 15 is 0 Å². The van der Waals surface area contributed by atoms with Crippen molar-refractivity contribution in [3.05, 3.63) is 63.9 Å². The summed E-state index contributed by atoms with van der Waals surface area (Å²) in [6.45, 7) is 2.68. The van der Waals surface area contributed by atoms with Crippen LogP contribution in [0.4, 0.5) is 4.39 Å². The van der Waals surface area contributed by atoms with Crippen LogP contribution < -0.4 is 4.74 Å². The summed E-state index contributed by atoms with van der Waals surface area (Å²) >= 11 is 3.42. The fraction of sp³-hybridized carbons (Fsp3) is 0.250. The SMILES string of the molecule is CCCOc1ccc(C(O)c2cccc(F)c2)cc1Br. The smallest absolute Gasteiger partial charge is 0.133 e. The molecule has 2 aromatic rings. The van der Waals surface area contributed by atoms with Crippen molar-refractivity contribution in [1.29, 1.82) is 0 Å². The zero-order valence-corrected chi connectivity index (χ0v) is 12.7. The molecule has 0 amide bonds. The van der Waals surface area contributed by atoms with E-state index in [9.17, 15) is 9.50 Å². The van der Waals surface area contributed by atoms with Gasteiger partial charge in [0.1, 0.15) is 17.7 Å². The maximum atomic E-state index is 13.2. The molecular formula is C16H16BrFO2. The summed E-state index contributed by atoms with van der Waals surface area (Å²) in [6, 6.07) is 11.3. The van der Waals surface area contributed by atoms with Gasteiger partial charge >= 0.3 is 0 Å². The third-order valence-electron chi connectivity index (χ3n) is 2.90. The highest BCUT2D eigenvalue weighted by molar-refractivity contribution is 9.10. The first kappa shape index (κ1) is 15.0. The lowest BCUT2D eigenvalue weighted by Crippen LogP contribution is -2.01. The van der Waals surface area contributed by atoms with Gasteiger partial charge < -0.3 is 9.84 Å². The molecule has 4 heteroatoms. The van der Waals surface area contributed by atoms with Crippen molar-refractivity contribution in [2.45, 2.75) is 19.4 Å². The number of ether oxygens (including phenoxy) is 1. The van der Waals surface area contributed by atoms with E-state index < -0.39 is 6.10 Å². The van der Waals surface area contributed by atoms with Crippen LogP contribution in [0.25, 0.3) is 0 Å². The highest BCUT2D eigenvalue weighted by Crippen LogP contribution is 2.31. The molecule has 1 N–H and O–H groups in total. The average Bonchev–Trinajstić information content (AvgIpc) is 2.45. The summed E-state index contributed by atoms with van der Waals surface area (Å²) in [4.78, 5) is 0. The number of aliphatic hydroxyl groups is 1. The maximum Gasteiger partial charge on any atom is 0.133 e. The van der Waals surface area contributed by atoms with Gasteiger partial charge in [-0.2, -0.15) is 0 Å². The van der Waals surface area contributed by atoms with Gasteiger partial charge in [0, 0.05) is 0 Å². The first-order valence-corrected chi connectivity index (χ1v) is 7.27. The Kier molecular flexibility index (Phi) is 5.15. The normalized spacial score (nSPS) is 12.2. The first-order valence-electron chi connectivity index (χ1n) is 6.47. The zero-order chi connectivity index (χ0) is 14.5. The quantitative estimate of drug-likeness (QED) is 0.872. The number of aliphatic hydroxyl groups excluding tert-OH is 1. The number of halogens is 2. The van der Waals surface area contributed by atoms with Crippen LogP contribution in [-0.2, 0) is 0 Å². The molecule has 0 aliphatic carbocycles. The fourth-order valence-corrected chi connectivity index (χ4v) is 2.40. The van der Waals surface area contributed by atoms with Gasteiger partial charge in [0.25, 0.3) is 0 Å². The van der Waals surface area contributed by atoms with Crippen LogP contribution in [0.3, 0.4) is 0 Å². The molecule has 1 unspecified atom stereocenters. The Hall–Kier alpha value is -1.39. The van der Waals surface area contributed by atoms with E-state index in [1.807, 2.05) is 6.92 Å². The summed E-state index contributed by atoms with van der Waals surface area (Å²) in [5.74, 6) is 0.380. The van der Waals surface area contributed by atoms with Gasteiger partial charge in [-0.25, -0.2) is 4.39 Å². The monoisotopic (exact) mass is 338 g/mol. The fourth-order valence-electron chi connectivity index (χ4n) is 1.89. The Bertz CT molecular complexity index is 586. The van der Waals surface area contributed by atoms with Crippen molar-refractivity contribution in [2.75, 3.05) is 6.61 Å². The lowest BCUT2D eigenvalue weighted by molar-refractivity contribution is 0.219. The second-order valence-electron chi connectivity index (χ2n) is 4.50. The minimum Gasteiger partial charge on any atom is -0.492 e. The van der Waals surface area contributed by atoms with E-state index in [1.165, 1.54) is 12.1 Å². The van der Waals surface area contributed by atoms with Gasteiger partial charge in [-0.3, -0.25) is 0 Å². The second kappa shape index (κ2) is 6.86. The van der Waals surface area contributed by atoms with Crippen molar-refractivity contribution < 1.29 is 14.2 Å². The molecule has 0 saturated carbocycles. The van der Waals surface area contributed by atoms with Crippen LogP contribution in [0.1, 0.15) is 30.6 Å². The van der Waals surface area contributed by atoms with Gasteiger partial charge in [-0.1, -0.05) is 25.1 Å². The van der Waals surface area contributed by atoms with Crippen LogP contribution in [0.5, 0.6) is 5.75 Å². The van der Waals surface area contributed by atoms with E-state index in [1.54, 1.807) is 30.3 Å². The van der Waals surface area contributed by atoms with Crippen LogP contribution in [0, 0.1) is 5.82 Å². The topological polar surface area (TPSA) is 29.5 Å². The van der Waals surface area contributed by atoms with E-state index in [4.69, 9.17) is 4.74 Å². The summed E-state index contributed by atoms with van der Waals surface area (Å²) in [5.41, 5.74) is 1.21. The Morgan fingerprint density at radius 2 is 1.95 bits per heavy atom. The molecule has 0 aliphatic heterocycles. The zero-order valence-electron chi connectivity index (χ0n) is 11.1. The van der Waals surface area contributed by atoms with Crippen molar-refractivity contribution in [2.24, 2.45) is 0 Å². The maximum absolute atomic E-state index is 13.2. The number of rotatable bonds is 5. The minimum absolute atomic E-state index is 0.358. The van der Waals surface area contributed by atoms with Gasteiger partial charge in [0.15, 0.2) is 0 Å². The molecule has 2 nitrogen and oxygen atoms in total. The molecule has 0 radical (unpaired) electrons. The van der Waals surface area contributed by atoms with Gasteiger partial charge in [0.2, 0.25) is 0 Å².